The summed E-state index contributed by atoms with van der Waals surface area (Å²) < 4.78 is 17.8. The first-order chi connectivity index (χ1) is 11.7. The first-order valence-electron chi connectivity index (χ1n) is 9.37. The van der Waals surface area contributed by atoms with Gasteiger partial charge in [-0.3, -0.25) is 0 Å². The van der Waals surface area contributed by atoms with Gasteiger partial charge in [-0.25, -0.2) is 0 Å². The molecule has 1 unspecified atom stereocenters. The van der Waals surface area contributed by atoms with Crippen LogP contribution in [0.1, 0.15) is 45.6 Å². The lowest BCUT2D eigenvalue weighted by Crippen LogP contribution is -2.45. The molecule has 24 heavy (non-hydrogen) atoms. The largest absolute Gasteiger partial charge is 0.500 e. The summed E-state index contributed by atoms with van der Waals surface area (Å²) in [4.78, 5) is 0. The highest BCUT2D eigenvalue weighted by Crippen LogP contribution is 2.34. The Morgan fingerprint density at radius 1 is 0.958 bits per heavy atom. The summed E-state index contributed by atoms with van der Waals surface area (Å²) >= 11 is 0. The molecule has 0 N–H and O–H groups in total. The minimum atomic E-state index is -2.47. The van der Waals surface area contributed by atoms with E-state index in [4.69, 9.17) is 13.3 Å². The molecule has 1 aliphatic carbocycles. The molecule has 1 aliphatic rings. The third kappa shape index (κ3) is 5.55. The molecule has 134 valence electrons. The van der Waals surface area contributed by atoms with Gasteiger partial charge in [0, 0.05) is 25.9 Å². The van der Waals surface area contributed by atoms with Gasteiger partial charge in [0.25, 0.3) is 0 Å². The van der Waals surface area contributed by atoms with E-state index in [9.17, 15) is 0 Å². The van der Waals surface area contributed by atoms with Gasteiger partial charge >= 0.3 is 8.80 Å². The van der Waals surface area contributed by atoms with Crippen LogP contribution in [0.5, 0.6) is 0 Å². The number of benzene rings is 1. The zero-order chi connectivity index (χ0) is 17.3. The van der Waals surface area contributed by atoms with E-state index in [1.54, 1.807) is 5.57 Å². The monoisotopic (exact) mass is 348 g/mol. The first-order valence-corrected chi connectivity index (χ1v) is 11.3. The van der Waals surface area contributed by atoms with Crippen LogP contribution in [0.15, 0.2) is 42.0 Å². The number of allylic oxidation sites excluding steroid dienone is 2. The lowest BCUT2D eigenvalue weighted by molar-refractivity contribution is 0.0708. The predicted molar refractivity (Wildman–Crippen MR) is 101 cm³/mol. The lowest BCUT2D eigenvalue weighted by Gasteiger charge is -2.31. The Bertz CT molecular complexity index is 484. The van der Waals surface area contributed by atoms with Crippen LogP contribution in [0.3, 0.4) is 0 Å². The van der Waals surface area contributed by atoms with Crippen LogP contribution < -0.4 is 0 Å². The van der Waals surface area contributed by atoms with Gasteiger partial charge in [0.15, 0.2) is 0 Å². The quantitative estimate of drug-likeness (QED) is 0.393. The summed E-state index contributed by atoms with van der Waals surface area (Å²) in [5, 5.41) is 0. The molecule has 0 saturated carbocycles. The van der Waals surface area contributed by atoms with Gasteiger partial charge in [0.2, 0.25) is 0 Å². The molecule has 0 aliphatic heterocycles. The van der Waals surface area contributed by atoms with E-state index in [1.165, 1.54) is 12.0 Å². The van der Waals surface area contributed by atoms with Crippen LogP contribution in [0.25, 0.3) is 0 Å². The van der Waals surface area contributed by atoms with Crippen molar-refractivity contribution in [2.75, 3.05) is 19.8 Å². The van der Waals surface area contributed by atoms with Gasteiger partial charge < -0.3 is 13.3 Å². The van der Waals surface area contributed by atoms with Crippen LogP contribution >= 0.6 is 0 Å². The SMILES string of the molecule is CCO[Si](CCCC1=CCC1Cc1ccccc1)(OCC)OCC. The van der Waals surface area contributed by atoms with E-state index < -0.39 is 8.80 Å². The summed E-state index contributed by atoms with van der Waals surface area (Å²) in [6.07, 6.45) is 7.01. The molecule has 0 fully saturated rings. The Morgan fingerprint density at radius 3 is 2.08 bits per heavy atom. The maximum atomic E-state index is 5.94. The predicted octanol–water partition coefficient (Wildman–Crippen LogP) is 5.00. The van der Waals surface area contributed by atoms with Crippen molar-refractivity contribution >= 4 is 8.80 Å². The zero-order valence-electron chi connectivity index (χ0n) is 15.4. The maximum Gasteiger partial charge on any atom is 0.500 e. The van der Waals surface area contributed by atoms with E-state index in [0.29, 0.717) is 19.8 Å². The van der Waals surface area contributed by atoms with E-state index >= 15 is 0 Å². The third-order valence-corrected chi connectivity index (χ3v) is 7.71. The molecule has 0 spiro atoms. The number of hydrogen-bond donors (Lipinski definition) is 0. The molecule has 0 aromatic heterocycles. The molecule has 1 atom stereocenters. The fraction of sp³-hybridized carbons (Fsp3) is 0.600. The van der Waals surface area contributed by atoms with Crippen molar-refractivity contribution in [1.82, 2.24) is 0 Å². The Hall–Kier alpha value is -0.943. The molecular formula is C20H32O3Si. The topological polar surface area (TPSA) is 27.7 Å². The molecule has 0 amide bonds. The van der Waals surface area contributed by atoms with Crippen molar-refractivity contribution in [2.45, 2.75) is 52.5 Å². The molecule has 1 aromatic rings. The summed E-state index contributed by atoms with van der Waals surface area (Å²) in [5.74, 6) is 0.717. The van der Waals surface area contributed by atoms with Gasteiger partial charge in [0.05, 0.1) is 0 Å². The average Bonchev–Trinajstić information content (AvgIpc) is 2.57. The summed E-state index contributed by atoms with van der Waals surface area (Å²) in [6.45, 7) is 8.03. The van der Waals surface area contributed by atoms with Crippen molar-refractivity contribution in [1.29, 1.82) is 0 Å². The van der Waals surface area contributed by atoms with Gasteiger partial charge in [0.1, 0.15) is 0 Å². The molecule has 0 saturated heterocycles. The second-order valence-electron chi connectivity index (χ2n) is 6.24. The molecule has 0 heterocycles. The van der Waals surface area contributed by atoms with Gasteiger partial charge in [-0.2, -0.15) is 0 Å². The van der Waals surface area contributed by atoms with Crippen LogP contribution in [-0.4, -0.2) is 28.6 Å². The summed E-state index contributed by atoms with van der Waals surface area (Å²) in [5.41, 5.74) is 3.04. The van der Waals surface area contributed by atoms with E-state index in [2.05, 4.69) is 36.4 Å². The molecular weight excluding hydrogens is 316 g/mol. The summed E-state index contributed by atoms with van der Waals surface area (Å²) in [6, 6.07) is 11.7. The maximum absolute atomic E-state index is 5.94. The van der Waals surface area contributed by atoms with E-state index in [0.717, 1.165) is 31.2 Å². The Labute approximate surface area is 148 Å². The van der Waals surface area contributed by atoms with Crippen LogP contribution in [-0.2, 0) is 19.7 Å². The highest BCUT2D eigenvalue weighted by molar-refractivity contribution is 6.60. The second kappa shape index (κ2) is 10.1. The normalized spacial score (nSPS) is 17.5. The number of rotatable bonds is 12. The third-order valence-electron chi connectivity index (χ3n) is 4.56. The van der Waals surface area contributed by atoms with E-state index in [-0.39, 0.29) is 0 Å². The molecule has 4 heteroatoms. The van der Waals surface area contributed by atoms with Crippen LogP contribution in [0, 0.1) is 5.92 Å². The van der Waals surface area contributed by atoms with Crippen LogP contribution in [0.2, 0.25) is 6.04 Å². The highest BCUT2D eigenvalue weighted by Gasteiger charge is 2.39. The highest BCUT2D eigenvalue weighted by atomic mass is 28.4. The fourth-order valence-electron chi connectivity index (χ4n) is 3.38. The molecule has 0 radical (unpaired) electrons. The smallest absolute Gasteiger partial charge is 0.374 e. The average molecular weight is 349 g/mol. The lowest BCUT2D eigenvalue weighted by atomic mass is 9.78. The Kier molecular flexibility index (Phi) is 8.19. The fourth-order valence-corrected chi connectivity index (χ4v) is 5.99. The van der Waals surface area contributed by atoms with Crippen molar-refractivity contribution < 1.29 is 13.3 Å². The molecule has 1 aromatic carbocycles. The van der Waals surface area contributed by atoms with Gasteiger partial charge in [-0.05, 0) is 57.9 Å². The Morgan fingerprint density at radius 2 is 1.58 bits per heavy atom. The van der Waals surface area contributed by atoms with Gasteiger partial charge in [-0.1, -0.05) is 42.0 Å². The summed E-state index contributed by atoms with van der Waals surface area (Å²) in [7, 11) is -2.47. The van der Waals surface area contributed by atoms with Crippen molar-refractivity contribution in [3.05, 3.63) is 47.5 Å². The number of hydrogen-bond acceptors (Lipinski definition) is 3. The molecule has 0 bridgehead atoms. The van der Waals surface area contributed by atoms with Crippen molar-refractivity contribution in [3.8, 4) is 0 Å². The first kappa shape index (κ1) is 19.4. The molecule has 2 rings (SSSR count). The van der Waals surface area contributed by atoms with Gasteiger partial charge in [-0.15, -0.1) is 0 Å². The Balaban J connectivity index is 1.81. The van der Waals surface area contributed by atoms with Crippen molar-refractivity contribution in [2.24, 2.45) is 5.92 Å². The minimum absolute atomic E-state index is 0.658. The molecule has 3 nitrogen and oxygen atoms in total. The second-order valence-corrected chi connectivity index (χ2v) is 8.97. The van der Waals surface area contributed by atoms with Crippen molar-refractivity contribution in [3.63, 3.8) is 0 Å². The zero-order valence-corrected chi connectivity index (χ0v) is 16.4. The minimum Gasteiger partial charge on any atom is -0.374 e. The standard InChI is InChI=1S/C20H32O3Si/c1-4-21-24(22-5-2,23-6-3)16-10-13-19-14-15-20(19)17-18-11-8-7-9-12-18/h7-9,11-12,14,20H,4-6,10,13,15-17H2,1-3H3. The van der Waals surface area contributed by atoms with E-state index in [1.807, 2.05) is 20.8 Å². The van der Waals surface area contributed by atoms with Crippen LogP contribution in [0.4, 0.5) is 0 Å².